The molecule has 0 aliphatic rings. The van der Waals surface area contributed by atoms with Gasteiger partial charge in [0, 0.05) is 20.7 Å². The van der Waals surface area contributed by atoms with Gasteiger partial charge in [-0.1, -0.05) is 24.3 Å². The van der Waals surface area contributed by atoms with E-state index in [4.69, 9.17) is 10.6 Å². The van der Waals surface area contributed by atoms with E-state index < -0.39 is 6.10 Å². The Bertz CT molecular complexity index is 355. The molecule has 88 valence electrons. The summed E-state index contributed by atoms with van der Waals surface area (Å²) < 4.78 is 5.20. The van der Waals surface area contributed by atoms with Gasteiger partial charge in [0.05, 0.1) is 0 Å². The number of rotatable bonds is 5. The van der Waals surface area contributed by atoms with Crippen molar-refractivity contribution in [1.82, 2.24) is 10.7 Å². The number of nitrogens with two attached hydrogens (primary N) is 1. The third kappa shape index (κ3) is 2.79. The van der Waals surface area contributed by atoms with Crippen molar-refractivity contribution in [2.45, 2.75) is 12.6 Å². The summed E-state index contributed by atoms with van der Waals surface area (Å²) in [6, 6.07) is 7.53. The molecule has 0 aliphatic carbocycles. The van der Waals surface area contributed by atoms with Crippen molar-refractivity contribution in [3.05, 3.63) is 35.4 Å². The van der Waals surface area contributed by atoms with Gasteiger partial charge in [-0.3, -0.25) is 16.1 Å². The van der Waals surface area contributed by atoms with Gasteiger partial charge in [0.2, 0.25) is 0 Å². The lowest BCUT2D eigenvalue weighted by atomic mass is 10.0. The first kappa shape index (κ1) is 12.6. The lowest BCUT2D eigenvalue weighted by Crippen LogP contribution is -2.29. The molecule has 0 aromatic heterocycles. The van der Waals surface area contributed by atoms with Crippen LogP contribution in [0.15, 0.2) is 24.3 Å². The Hall–Kier alpha value is -1.43. The standard InChI is InChI=1S/C11H17N3O2/c1-13-11(15)10(16-2)9-6-4-3-5-8(9)7-14-12/h3-6,10,14H,7,12H2,1-2H3,(H,13,15). The lowest BCUT2D eigenvalue weighted by Gasteiger charge is -2.17. The molecule has 1 aromatic carbocycles. The van der Waals surface area contributed by atoms with Crippen molar-refractivity contribution < 1.29 is 9.53 Å². The summed E-state index contributed by atoms with van der Waals surface area (Å²) in [6.07, 6.45) is -0.602. The Kier molecular flexibility index (Phi) is 4.91. The van der Waals surface area contributed by atoms with Gasteiger partial charge in [0.25, 0.3) is 5.91 Å². The van der Waals surface area contributed by atoms with Crippen LogP contribution in [0, 0.1) is 0 Å². The maximum atomic E-state index is 11.6. The molecule has 0 saturated heterocycles. The second-order valence-electron chi connectivity index (χ2n) is 3.31. The SMILES string of the molecule is CNC(=O)C(OC)c1ccccc1CNN. The fourth-order valence-electron chi connectivity index (χ4n) is 1.57. The molecule has 1 rings (SSSR count). The number of carbonyl (C=O) groups excluding carboxylic acids is 1. The van der Waals surface area contributed by atoms with Crippen LogP contribution < -0.4 is 16.6 Å². The molecule has 0 fully saturated rings. The molecular formula is C11H17N3O2. The van der Waals surface area contributed by atoms with E-state index >= 15 is 0 Å². The van der Waals surface area contributed by atoms with Crippen molar-refractivity contribution in [3.8, 4) is 0 Å². The number of amides is 1. The molecule has 16 heavy (non-hydrogen) atoms. The van der Waals surface area contributed by atoms with Crippen molar-refractivity contribution in [2.75, 3.05) is 14.2 Å². The van der Waals surface area contributed by atoms with Crippen molar-refractivity contribution in [1.29, 1.82) is 0 Å². The van der Waals surface area contributed by atoms with Gasteiger partial charge in [0.1, 0.15) is 0 Å². The molecule has 0 heterocycles. The third-order valence-electron chi connectivity index (χ3n) is 2.35. The molecule has 0 spiro atoms. The fourth-order valence-corrected chi connectivity index (χ4v) is 1.57. The van der Waals surface area contributed by atoms with E-state index in [0.29, 0.717) is 6.54 Å². The number of likely N-dealkylation sites (N-methyl/N-ethyl adjacent to an activating group) is 1. The van der Waals surface area contributed by atoms with Crippen LogP contribution in [0.4, 0.5) is 0 Å². The first-order chi connectivity index (χ1) is 7.74. The molecule has 1 aromatic rings. The van der Waals surface area contributed by atoms with Gasteiger partial charge in [-0.2, -0.15) is 0 Å². The Morgan fingerprint density at radius 3 is 2.75 bits per heavy atom. The molecule has 5 nitrogen and oxygen atoms in total. The second-order valence-corrected chi connectivity index (χ2v) is 3.31. The first-order valence-electron chi connectivity index (χ1n) is 5.00. The van der Waals surface area contributed by atoms with Crippen LogP contribution in [0.25, 0.3) is 0 Å². The van der Waals surface area contributed by atoms with Crippen LogP contribution in [-0.4, -0.2) is 20.1 Å². The summed E-state index contributed by atoms with van der Waals surface area (Å²) in [6.45, 7) is 0.493. The molecule has 0 radical (unpaired) electrons. The van der Waals surface area contributed by atoms with Crippen LogP contribution in [-0.2, 0) is 16.1 Å². The summed E-state index contributed by atoms with van der Waals surface area (Å²) in [4.78, 5) is 11.6. The Labute approximate surface area is 94.9 Å². The predicted molar refractivity (Wildman–Crippen MR) is 61.3 cm³/mol. The predicted octanol–water partition coefficient (Wildman–Crippen LogP) is 0.0834. The average molecular weight is 223 g/mol. The van der Waals surface area contributed by atoms with E-state index in [0.717, 1.165) is 11.1 Å². The van der Waals surface area contributed by atoms with Gasteiger partial charge >= 0.3 is 0 Å². The maximum Gasteiger partial charge on any atom is 0.253 e. The topological polar surface area (TPSA) is 76.4 Å². The highest BCUT2D eigenvalue weighted by Crippen LogP contribution is 2.21. The van der Waals surface area contributed by atoms with Crippen LogP contribution in [0.1, 0.15) is 17.2 Å². The number of nitrogens with one attached hydrogen (secondary N) is 2. The van der Waals surface area contributed by atoms with Gasteiger partial charge in [-0.05, 0) is 11.1 Å². The van der Waals surface area contributed by atoms with E-state index in [1.54, 1.807) is 7.05 Å². The van der Waals surface area contributed by atoms with Gasteiger partial charge in [0.15, 0.2) is 6.10 Å². The highest BCUT2D eigenvalue weighted by atomic mass is 16.5. The number of hydrazine groups is 1. The number of methoxy groups -OCH3 is 1. The zero-order chi connectivity index (χ0) is 12.0. The largest absolute Gasteiger partial charge is 0.367 e. The molecular weight excluding hydrogens is 206 g/mol. The summed E-state index contributed by atoms with van der Waals surface area (Å²) in [5.74, 6) is 5.11. The van der Waals surface area contributed by atoms with Crippen LogP contribution in [0.2, 0.25) is 0 Å². The zero-order valence-corrected chi connectivity index (χ0v) is 9.49. The van der Waals surface area contributed by atoms with Gasteiger partial charge < -0.3 is 10.1 Å². The molecule has 4 N–H and O–H groups in total. The van der Waals surface area contributed by atoms with Gasteiger partial charge in [-0.15, -0.1) is 0 Å². The number of ether oxygens (including phenoxy) is 1. The Morgan fingerprint density at radius 1 is 1.50 bits per heavy atom. The highest BCUT2D eigenvalue weighted by Gasteiger charge is 2.20. The van der Waals surface area contributed by atoms with Crippen LogP contribution >= 0.6 is 0 Å². The minimum absolute atomic E-state index is 0.174. The maximum absolute atomic E-state index is 11.6. The Morgan fingerprint density at radius 2 is 2.19 bits per heavy atom. The summed E-state index contributed by atoms with van der Waals surface area (Å²) >= 11 is 0. The minimum Gasteiger partial charge on any atom is -0.367 e. The Balaban J connectivity index is 3.03. The number of hydrogen-bond donors (Lipinski definition) is 3. The molecule has 5 heteroatoms. The molecule has 0 bridgehead atoms. The van der Waals surface area contributed by atoms with Crippen LogP contribution in [0.5, 0.6) is 0 Å². The number of hydrogen-bond acceptors (Lipinski definition) is 4. The summed E-state index contributed by atoms with van der Waals surface area (Å²) in [7, 11) is 3.09. The van der Waals surface area contributed by atoms with Gasteiger partial charge in [-0.25, -0.2) is 0 Å². The molecule has 1 atom stereocenters. The van der Waals surface area contributed by atoms with Crippen molar-refractivity contribution >= 4 is 5.91 Å². The van der Waals surface area contributed by atoms with E-state index in [1.165, 1.54) is 7.11 Å². The number of carbonyl (C=O) groups is 1. The minimum atomic E-state index is -0.602. The second kappa shape index (κ2) is 6.22. The smallest absolute Gasteiger partial charge is 0.253 e. The van der Waals surface area contributed by atoms with Crippen molar-refractivity contribution in [3.63, 3.8) is 0 Å². The van der Waals surface area contributed by atoms with E-state index in [9.17, 15) is 4.79 Å². The highest BCUT2D eigenvalue weighted by molar-refractivity contribution is 5.82. The monoisotopic (exact) mass is 223 g/mol. The lowest BCUT2D eigenvalue weighted by molar-refractivity contribution is -0.130. The summed E-state index contributed by atoms with van der Waals surface area (Å²) in [5.41, 5.74) is 4.34. The fraction of sp³-hybridized carbons (Fsp3) is 0.364. The van der Waals surface area contributed by atoms with E-state index in [1.807, 2.05) is 24.3 Å². The molecule has 0 saturated carbocycles. The molecule has 1 amide bonds. The van der Waals surface area contributed by atoms with Crippen LogP contribution in [0.3, 0.4) is 0 Å². The molecule has 1 unspecified atom stereocenters. The molecule has 0 aliphatic heterocycles. The number of benzene rings is 1. The normalized spacial score (nSPS) is 12.2. The average Bonchev–Trinajstić information content (AvgIpc) is 2.32. The van der Waals surface area contributed by atoms with E-state index in [2.05, 4.69) is 10.7 Å². The van der Waals surface area contributed by atoms with Crippen molar-refractivity contribution in [2.24, 2.45) is 5.84 Å². The van der Waals surface area contributed by atoms with E-state index in [-0.39, 0.29) is 5.91 Å². The zero-order valence-electron chi connectivity index (χ0n) is 9.49. The summed E-state index contributed by atoms with van der Waals surface area (Å²) in [5, 5.41) is 2.57. The quantitative estimate of drug-likeness (QED) is 0.488. The first-order valence-corrected chi connectivity index (χ1v) is 5.00. The third-order valence-corrected chi connectivity index (χ3v) is 2.35.